The standard InChI is InChI=1S/C22H22N2O4S2/c1-15-8-13-20(28-2)19(14-15)24-30(26,27)17-11-9-16(10-12-17)23-22(25)18-6-4-5-7-21(18)29-3/h4-14,24H,1-3H3,(H,23,25). The Hall–Kier alpha value is -2.97. The highest BCUT2D eigenvalue weighted by atomic mass is 32.2. The number of anilines is 2. The number of hydrogen-bond acceptors (Lipinski definition) is 5. The SMILES string of the molecule is COc1ccc(C)cc1NS(=O)(=O)c1ccc(NC(=O)c2ccccc2SC)cc1. The van der Waals surface area contributed by atoms with Gasteiger partial charge in [0.05, 0.1) is 23.3 Å². The van der Waals surface area contributed by atoms with E-state index < -0.39 is 10.0 Å². The van der Waals surface area contributed by atoms with Crippen LogP contribution in [0.5, 0.6) is 5.75 Å². The molecule has 0 aliphatic carbocycles. The van der Waals surface area contributed by atoms with Gasteiger partial charge in [0.1, 0.15) is 5.75 Å². The van der Waals surface area contributed by atoms with Crippen LogP contribution in [0.4, 0.5) is 11.4 Å². The Labute approximate surface area is 180 Å². The Morgan fingerprint density at radius 2 is 1.70 bits per heavy atom. The van der Waals surface area contributed by atoms with Crippen molar-refractivity contribution in [3.8, 4) is 5.75 Å². The van der Waals surface area contributed by atoms with Gasteiger partial charge in [-0.2, -0.15) is 0 Å². The minimum absolute atomic E-state index is 0.0774. The fourth-order valence-corrected chi connectivity index (χ4v) is 4.51. The van der Waals surface area contributed by atoms with E-state index in [9.17, 15) is 13.2 Å². The smallest absolute Gasteiger partial charge is 0.262 e. The molecule has 1 amide bonds. The predicted octanol–water partition coefficient (Wildman–Crippen LogP) is 4.78. The molecule has 0 atom stereocenters. The normalized spacial score (nSPS) is 11.0. The molecular weight excluding hydrogens is 420 g/mol. The van der Waals surface area contributed by atoms with E-state index in [4.69, 9.17) is 4.74 Å². The Balaban J connectivity index is 1.78. The molecule has 3 aromatic rings. The fraction of sp³-hybridized carbons (Fsp3) is 0.136. The van der Waals surface area contributed by atoms with Crippen molar-refractivity contribution >= 4 is 39.1 Å². The lowest BCUT2D eigenvalue weighted by Gasteiger charge is -2.13. The molecule has 0 radical (unpaired) electrons. The first-order valence-corrected chi connectivity index (χ1v) is 11.8. The van der Waals surface area contributed by atoms with Crippen LogP contribution < -0.4 is 14.8 Å². The average molecular weight is 443 g/mol. The van der Waals surface area contributed by atoms with E-state index in [0.29, 0.717) is 22.7 Å². The molecule has 0 bridgehead atoms. The second-order valence-corrected chi connectivity index (χ2v) is 9.02. The number of carbonyl (C=O) groups excluding carboxylic acids is 1. The van der Waals surface area contributed by atoms with E-state index in [2.05, 4.69) is 10.0 Å². The van der Waals surface area contributed by atoms with Gasteiger partial charge in [-0.1, -0.05) is 18.2 Å². The maximum atomic E-state index is 12.8. The summed E-state index contributed by atoms with van der Waals surface area (Å²) in [6.07, 6.45) is 1.90. The maximum Gasteiger partial charge on any atom is 0.262 e. The van der Waals surface area contributed by atoms with Crippen molar-refractivity contribution in [2.75, 3.05) is 23.4 Å². The molecule has 0 spiro atoms. The average Bonchev–Trinajstić information content (AvgIpc) is 2.74. The van der Waals surface area contributed by atoms with Crippen molar-refractivity contribution in [1.82, 2.24) is 0 Å². The summed E-state index contributed by atoms with van der Waals surface area (Å²) >= 11 is 1.49. The van der Waals surface area contributed by atoms with Gasteiger partial charge < -0.3 is 10.1 Å². The van der Waals surface area contributed by atoms with E-state index >= 15 is 0 Å². The predicted molar refractivity (Wildman–Crippen MR) is 121 cm³/mol. The molecule has 0 unspecified atom stereocenters. The van der Waals surface area contributed by atoms with Crippen LogP contribution in [0.2, 0.25) is 0 Å². The molecule has 6 nitrogen and oxygen atoms in total. The van der Waals surface area contributed by atoms with Crippen molar-refractivity contribution in [3.05, 3.63) is 77.9 Å². The monoisotopic (exact) mass is 442 g/mol. The number of thioether (sulfide) groups is 1. The number of rotatable bonds is 7. The number of aryl methyl sites for hydroxylation is 1. The lowest BCUT2D eigenvalue weighted by Crippen LogP contribution is -2.15. The van der Waals surface area contributed by atoms with Crippen molar-refractivity contribution in [2.45, 2.75) is 16.7 Å². The molecule has 0 saturated carbocycles. The summed E-state index contributed by atoms with van der Waals surface area (Å²) in [5.74, 6) is 0.179. The van der Waals surface area contributed by atoms with Gasteiger partial charge in [-0.3, -0.25) is 9.52 Å². The zero-order chi connectivity index (χ0) is 21.7. The molecule has 2 N–H and O–H groups in total. The number of amides is 1. The summed E-state index contributed by atoms with van der Waals surface area (Å²) in [5.41, 5.74) is 2.33. The highest BCUT2D eigenvalue weighted by Crippen LogP contribution is 2.28. The number of hydrogen-bond donors (Lipinski definition) is 2. The Bertz CT molecular complexity index is 1160. The van der Waals surface area contributed by atoms with Gasteiger partial charge >= 0.3 is 0 Å². The number of carbonyl (C=O) groups is 1. The van der Waals surface area contributed by atoms with Crippen LogP contribution in [0.1, 0.15) is 15.9 Å². The molecular formula is C22H22N2O4S2. The number of benzene rings is 3. The first-order chi connectivity index (χ1) is 14.3. The third-order valence-corrected chi connectivity index (χ3v) is 6.55. The van der Waals surface area contributed by atoms with E-state index in [-0.39, 0.29) is 10.8 Å². The molecule has 156 valence electrons. The molecule has 3 aromatic carbocycles. The zero-order valence-electron chi connectivity index (χ0n) is 16.8. The topological polar surface area (TPSA) is 84.5 Å². The van der Waals surface area contributed by atoms with Gasteiger partial charge in [0.15, 0.2) is 0 Å². The van der Waals surface area contributed by atoms with E-state index in [1.165, 1.54) is 31.0 Å². The summed E-state index contributed by atoms with van der Waals surface area (Å²) < 4.78 is 33.3. The quantitative estimate of drug-likeness (QED) is 0.515. The Kier molecular flexibility index (Phi) is 6.69. The van der Waals surface area contributed by atoms with Crippen molar-refractivity contribution in [1.29, 1.82) is 0 Å². The molecule has 0 fully saturated rings. The van der Waals surface area contributed by atoms with Crippen LogP contribution in [0.3, 0.4) is 0 Å². The van der Waals surface area contributed by atoms with Gasteiger partial charge in [-0.25, -0.2) is 8.42 Å². The largest absolute Gasteiger partial charge is 0.495 e. The van der Waals surface area contributed by atoms with Gasteiger partial charge in [0, 0.05) is 10.6 Å². The molecule has 8 heteroatoms. The lowest BCUT2D eigenvalue weighted by molar-refractivity contribution is 0.102. The van der Waals surface area contributed by atoms with Gasteiger partial charge in [-0.15, -0.1) is 11.8 Å². The van der Waals surface area contributed by atoms with Crippen LogP contribution in [-0.4, -0.2) is 27.7 Å². The summed E-state index contributed by atoms with van der Waals surface area (Å²) in [6, 6.07) is 18.5. The van der Waals surface area contributed by atoms with Crippen LogP contribution >= 0.6 is 11.8 Å². The number of sulfonamides is 1. The number of ether oxygens (including phenoxy) is 1. The molecule has 0 heterocycles. The minimum Gasteiger partial charge on any atom is -0.495 e. The second kappa shape index (κ2) is 9.23. The van der Waals surface area contributed by atoms with Gasteiger partial charge in [0.2, 0.25) is 0 Å². The zero-order valence-corrected chi connectivity index (χ0v) is 18.4. The van der Waals surface area contributed by atoms with Crippen LogP contribution in [0, 0.1) is 6.92 Å². The first-order valence-electron chi connectivity index (χ1n) is 9.06. The second-order valence-electron chi connectivity index (χ2n) is 6.49. The van der Waals surface area contributed by atoms with Crippen LogP contribution in [-0.2, 0) is 10.0 Å². The van der Waals surface area contributed by atoms with Crippen molar-refractivity contribution in [3.63, 3.8) is 0 Å². The molecule has 0 aliphatic heterocycles. The molecule has 0 aromatic heterocycles. The maximum absolute atomic E-state index is 12.8. The minimum atomic E-state index is -3.82. The summed E-state index contributed by atoms with van der Waals surface area (Å²) in [5, 5.41) is 2.80. The summed E-state index contributed by atoms with van der Waals surface area (Å²) in [7, 11) is -2.34. The third kappa shape index (κ3) is 4.95. The van der Waals surface area contributed by atoms with E-state index in [1.807, 2.05) is 31.4 Å². The molecule has 0 saturated heterocycles. The van der Waals surface area contributed by atoms with Crippen LogP contribution in [0.15, 0.2) is 76.5 Å². The first kappa shape index (κ1) is 21.7. The number of nitrogens with one attached hydrogen (secondary N) is 2. The van der Waals surface area contributed by atoms with Crippen LogP contribution in [0.25, 0.3) is 0 Å². The van der Waals surface area contributed by atoms with E-state index in [1.54, 1.807) is 36.4 Å². The molecule has 3 rings (SSSR count). The van der Waals surface area contributed by atoms with Gasteiger partial charge in [0.25, 0.3) is 15.9 Å². The highest BCUT2D eigenvalue weighted by molar-refractivity contribution is 7.98. The van der Waals surface area contributed by atoms with Crippen molar-refractivity contribution < 1.29 is 17.9 Å². The lowest BCUT2D eigenvalue weighted by atomic mass is 10.2. The fourth-order valence-electron chi connectivity index (χ4n) is 2.85. The summed E-state index contributed by atoms with van der Waals surface area (Å²) in [6.45, 7) is 1.86. The number of methoxy groups -OCH3 is 1. The Morgan fingerprint density at radius 3 is 2.37 bits per heavy atom. The molecule has 30 heavy (non-hydrogen) atoms. The van der Waals surface area contributed by atoms with Gasteiger partial charge in [-0.05, 0) is 67.3 Å². The third-order valence-electron chi connectivity index (χ3n) is 4.37. The summed E-state index contributed by atoms with van der Waals surface area (Å²) in [4.78, 5) is 13.5. The van der Waals surface area contributed by atoms with Crippen molar-refractivity contribution in [2.24, 2.45) is 0 Å². The Morgan fingerprint density at radius 1 is 1.00 bits per heavy atom. The molecule has 0 aliphatic rings. The highest BCUT2D eigenvalue weighted by Gasteiger charge is 2.17. The van der Waals surface area contributed by atoms with E-state index in [0.717, 1.165) is 10.5 Å².